The Balaban J connectivity index is 2.12. The van der Waals surface area contributed by atoms with Crippen molar-refractivity contribution < 1.29 is 13.9 Å². The molecule has 142 valence electrons. The third kappa shape index (κ3) is 4.86. The maximum Gasteiger partial charge on any atom is 0.184 e. The summed E-state index contributed by atoms with van der Waals surface area (Å²) in [5.74, 6) is 0.599. The molecule has 0 aliphatic rings. The van der Waals surface area contributed by atoms with E-state index in [-0.39, 0.29) is 5.82 Å². The first-order chi connectivity index (χ1) is 12.5. The van der Waals surface area contributed by atoms with Crippen LogP contribution in [0.5, 0.6) is 5.75 Å². The van der Waals surface area contributed by atoms with Crippen LogP contribution in [-0.4, -0.2) is 27.1 Å². The van der Waals surface area contributed by atoms with E-state index in [1.54, 1.807) is 33.3 Å². The summed E-state index contributed by atoms with van der Waals surface area (Å²) in [5, 5.41) is 9.88. The van der Waals surface area contributed by atoms with Gasteiger partial charge in [0.2, 0.25) is 0 Å². The summed E-state index contributed by atoms with van der Waals surface area (Å²) in [6.45, 7) is 7.27. The van der Waals surface area contributed by atoms with Crippen molar-refractivity contribution in [2.45, 2.75) is 33.7 Å². The lowest BCUT2D eigenvalue weighted by atomic mass is 10.1. The highest BCUT2D eigenvalue weighted by Gasteiger charge is 2.13. The number of anilines is 2. The van der Waals surface area contributed by atoms with Crippen LogP contribution >= 0.6 is 0 Å². The lowest BCUT2D eigenvalue weighted by Crippen LogP contribution is -2.37. The zero-order chi connectivity index (χ0) is 19.1. The quantitative estimate of drug-likeness (QED) is 0.589. The molecule has 3 N–H and O–H groups in total. The first kappa shape index (κ1) is 20.0. The minimum absolute atomic E-state index is 0.224. The second-order valence-electron chi connectivity index (χ2n) is 6.05. The van der Waals surface area contributed by atoms with E-state index in [0.717, 1.165) is 34.8 Å². The fraction of sp³-hybridized carbons (Fsp3) is 0.400. The number of rotatable bonds is 9. The molecule has 2 rings (SSSR count). The second kappa shape index (κ2) is 9.40. The smallest absolute Gasteiger partial charge is 0.184 e. The van der Waals surface area contributed by atoms with E-state index in [2.05, 4.69) is 29.8 Å². The van der Waals surface area contributed by atoms with Gasteiger partial charge in [0, 0.05) is 37.1 Å². The third-order valence-electron chi connectivity index (χ3n) is 4.30. The second-order valence-corrected chi connectivity index (χ2v) is 6.05. The van der Waals surface area contributed by atoms with Crippen molar-refractivity contribution in [3.8, 4) is 5.75 Å². The molecule has 5 nitrogen and oxygen atoms in total. The molecule has 0 aromatic heterocycles. The summed E-state index contributed by atoms with van der Waals surface area (Å²) in [4.78, 5) is 0. The van der Waals surface area contributed by atoms with Gasteiger partial charge in [-0.15, -0.1) is 0 Å². The first-order valence-electron chi connectivity index (χ1n) is 8.69. The van der Waals surface area contributed by atoms with Crippen molar-refractivity contribution in [2.75, 3.05) is 31.4 Å². The molecule has 0 amide bonds. The first-order valence-corrected chi connectivity index (χ1v) is 8.69. The van der Waals surface area contributed by atoms with Crippen LogP contribution < -0.4 is 20.7 Å². The molecular formula is C20H28FN3O2. The molecule has 26 heavy (non-hydrogen) atoms. The van der Waals surface area contributed by atoms with E-state index in [4.69, 9.17) is 9.47 Å². The van der Waals surface area contributed by atoms with E-state index in [0.29, 0.717) is 12.1 Å². The summed E-state index contributed by atoms with van der Waals surface area (Å²) in [6, 6.07) is 8.86. The molecule has 1 unspecified atom stereocenters. The van der Waals surface area contributed by atoms with Crippen LogP contribution in [0, 0.1) is 19.7 Å². The van der Waals surface area contributed by atoms with Gasteiger partial charge in [-0.25, -0.2) is 4.39 Å². The van der Waals surface area contributed by atoms with Gasteiger partial charge < -0.3 is 20.1 Å². The molecule has 0 radical (unpaired) electrons. The van der Waals surface area contributed by atoms with Gasteiger partial charge in [0.1, 0.15) is 11.6 Å². The van der Waals surface area contributed by atoms with E-state index >= 15 is 0 Å². The summed E-state index contributed by atoms with van der Waals surface area (Å²) >= 11 is 0. The van der Waals surface area contributed by atoms with Crippen LogP contribution in [0.25, 0.3) is 0 Å². The summed E-state index contributed by atoms with van der Waals surface area (Å²) in [6.07, 6.45) is -0.424. The highest BCUT2D eigenvalue weighted by atomic mass is 19.1. The number of aryl methyl sites for hydroxylation is 1. The normalized spacial score (nSPS) is 11.9. The van der Waals surface area contributed by atoms with Gasteiger partial charge in [-0.2, -0.15) is 0 Å². The number of nitrogens with one attached hydrogen (secondary N) is 3. The summed E-state index contributed by atoms with van der Waals surface area (Å²) in [7, 11) is 3.28. The molecular weight excluding hydrogens is 333 g/mol. The molecule has 1 atom stereocenters. The standard InChI is InChI=1S/C20H28FN3O2/c1-6-22-18-9-10-19(25-4)16(14(18)3)12-23-20(26-5)24-15-7-8-17(21)13(2)11-15/h7-11,20,22-24H,6,12H2,1-5H3. The number of benzene rings is 2. The lowest BCUT2D eigenvalue weighted by molar-refractivity contribution is 0.0949. The summed E-state index contributed by atoms with van der Waals surface area (Å²) in [5.41, 5.74) is 4.64. The zero-order valence-electron chi connectivity index (χ0n) is 16.1. The highest BCUT2D eigenvalue weighted by molar-refractivity contribution is 5.58. The molecule has 6 heteroatoms. The van der Waals surface area contributed by atoms with Crippen molar-refractivity contribution in [1.29, 1.82) is 0 Å². The number of methoxy groups -OCH3 is 2. The fourth-order valence-corrected chi connectivity index (χ4v) is 2.80. The lowest BCUT2D eigenvalue weighted by Gasteiger charge is -2.22. The highest BCUT2D eigenvalue weighted by Crippen LogP contribution is 2.28. The molecule has 0 saturated heterocycles. The van der Waals surface area contributed by atoms with Gasteiger partial charge in [0.15, 0.2) is 6.35 Å². The van der Waals surface area contributed by atoms with E-state index in [1.807, 2.05) is 12.1 Å². The predicted molar refractivity (Wildman–Crippen MR) is 104 cm³/mol. The van der Waals surface area contributed by atoms with Crippen LogP contribution in [0.2, 0.25) is 0 Å². The molecule has 0 spiro atoms. The van der Waals surface area contributed by atoms with Crippen molar-refractivity contribution in [2.24, 2.45) is 0 Å². The van der Waals surface area contributed by atoms with Gasteiger partial charge in [-0.3, -0.25) is 5.32 Å². The van der Waals surface area contributed by atoms with Crippen molar-refractivity contribution in [1.82, 2.24) is 5.32 Å². The van der Waals surface area contributed by atoms with Crippen LogP contribution in [0.1, 0.15) is 23.6 Å². The van der Waals surface area contributed by atoms with Crippen LogP contribution in [0.4, 0.5) is 15.8 Å². The van der Waals surface area contributed by atoms with Crippen molar-refractivity contribution in [3.63, 3.8) is 0 Å². The van der Waals surface area contributed by atoms with E-state index in [1.165, 1.54) is 6.07 Å². The van der Waals surface area contributed by atoms with E-state index < -0.39 is 6.35 Å². The predicted octanol–water partition coefficient (Wildman–Crippen LogP) is 4.01. The van der Waals surface area contributed by atoms with Crippen LogP contribution in [-0.2, 0) is 11.3 Å². The third-order valence-corrected chi connectivity index (χ3v) is 4.30. The Morgan fingerprint density at radius 3 is 2.50 bits per heavy atom. The van der Waals surface area contributed by atoms with Crippen LogP contribution in [0.3, 0.4) is 0 Å². The number of ether oxygens (including phenoxy) is 2. The molecule has 0 aliphatic carbocycles. The zero-order valence-corrected chi connectivity index (χ0v) is 16.1. The van der Waals surface area contributed by atoms with Crippen LogP contribution in [0.15, 0.2) is 30.3 Å². The Kier molecular flexibility index (Phi) is 7.24. The molecule has 0 fully saturated rings. The Morgan fingerprint density at radius 1 is 1.12 bits per heavy atom. The topological polar surface area (TPSA) is 54.5 Å². The van der Waals surface area contributed by atoms with Crippen molar-refractivity contribution in [3.05, 3.63) is 52.8 Å². The minimum atomic E-state index is -0.424. The average Bonchev–Trinajstić information content (AvgIpc) is 2.64. The Bertz CT molecular complexity index is 737. The average molecular weight is 361 g/mol. The Hall–Kier alpha value is -2.31. The van der Waals surface area contributed by atoms with E-state index in [9.17, 15) is 4.39 Å². The van der Waals surface area contributed by atoms with Gasteiger partial charge in [-0.1, -0.05) is 0 Å². The number of hydrogen-bond donors (Lipinski definition) is 3. The fourth-order valence-electron chi connectivity index (χ4n) is 2.80. The number of halogens is 1. The maximum absolute atomic E-state index is 13.4. The van der Waals surface area contributed by atoms with Crippen molar-refractivity contribution >= 4 is 11.4 Å². The van der Waals surface area contributed by atoms with Gasteiger partial charge >= 0.3 is 0 Å². The minimum Gasteiger partial charge on any atom is -0.496 e. The Labute approximate surface area is 154 Å². The maximum atomic E-state index is 13.4. The number of hydrogen-bond acceptors (Lipinski definition) is 5. The molecule has 2 aromatic carbocycles. The van der Waals surface area contributed by atoms with Gasteiger partial charge in [-0.05, 0) is 62.2 Å². The molecule has 0 heterocycles. The Morgan fingerprint density at radius 2 is 1.88 bits per heavy atom. The molecule has 0 saturated carbocycles. The molecule has 2 aromatic rings. The van der Waals surface area contributed by atoms with Gasteiger partial charge in [0.25, 0.3) is 0 Å². The van der Waals surface area contributed by atoms with Gasteiger partial charge in [0.05, 0.1) is 7.11 Å². The monoisotopic (exact) mass is 361 g/mol. The summed E-state index contributed by atoms with van der Waals surface area (Å²) < 4.78 is 24.4. The largest absolute Gasteiger partial charge is 0.496 e. The molecule has 0 aliphatic heterocycles. The molecule has 0 bridgehead atoms. The SMILES string of the molecule is CCNc1ccc(OC)c(CNC(Nc2ccc(F)c(C)c2)OC)c1C.